The molecule has 8 aliphatic rings. The molecule has 45 heteroatoms. The third-order valence-corrected chi connectivity index (χ3v) is 23.7. The van der Waals surface area contributed by atoms with Gasteiger partial charge in [0.15, 0.2) is 75.4 Å². The molecule has 4 saturated carbocycles. The number of aliphatic hydroxyl groups excluding tert-OH is 5. The van der Waals surface area contributed by atoms with Crippen LogP contribution in [0.25, 0.3) is 44.7 Å². The van der Waals surface area contributed by atoms with E-state index < -0.39 is 117 Å². The van der Waals surface area contributed by atoms with E-state index in [9.17, 15) is 78.2 Å². The molecule has 20 rings (SSSR count). The second-order valence-corrected chi connectivity index (χ2v) is 32.8. The Hall–Kier alpha value is -11.7. The Labute approximate surface area is 729 Å². The maximum atomic E-state index is 14.3. The maximum absolute atomic E-state index is 14.3. The molecule has 4 saturated heterocycles. The molecular formula is C84H92F12N24O9. The van der Waals surface area contributed by atoms with Gasteiger partial charge in [0.25, 0.3) is 0 Å². The highest BCUT2D eigenvalue weighted by molar-refractivity contribution is 5.80. The van der Waals surface area contributed by atoms with E-state index in [4.69, 9.17) is 21.7 Å². The van der Waals surface area contributed by atoms with Gasteiger partial charge < -0.3 is 87.0 Å². The number of benzene rings is 4. The number of aliphatic hydroxyl groups is 5. The van der Waals surface area contributed by atoms with Crippen LogP contribution >= 0.6 is 0 Å². The van der Waals surface area contributed by atoms with Crippen LogP contribution < -0.4 is 42.5 Å². The van der Waals surface area contributed by atoms with Crippen LogP contribution in [0.1, 0.15) is 155 Å². The maximum Gasteiger partial charge on any atom is 0.224 e. The molecule has 6 atom stereocenters. The summed E-state index contributed by atoms with van der Waals surface area (Å²) >= 11 is 0. The third-order valence-electron chi connectivity index (χ3n) is 23.7. The van der Waals surface area contributed by atoms with Gasteiger partial charge in [-0.15, -0.1) is 0 Å². The first-order valence-electron chi connectivity index (χ1n) is 43.6. The number of ether oxygens (including phenoxy) is 4. The highest BCUT2D eigenvalue weighted by atomic mass is 19.2. The van der Waals surface area contributed by atoms with Crippen LogP contribution in [0, 0.1) is 69.8 Å². The number of aromatic nitrogens is 16. The van der Waals surface area contributed by atoms with Crippen molar-refractivity contribution >= 4 is 115 Å². The average Bonchev–Trinajstić information content (AvgIpc) is 1.59. The SMILES string of the molecule is OC1CCC(Nc2ncc3nc(Nc4c(F)cc(F)cc4F)n(C4CCOC4)c3n2)CC1.OC1CCC(Nc2ncc3nc(Nc4c(F)cc(F)cc4F)n(C4CCOC4O)c3n2)CC1.[2H]C1(n2c(Nc3c(F)cc(F)cc3F)nc3cnc(NC4CCC(O)CC4)nc32)CCOC1.[2H]C1CC(n2c(Nc3c(F)cc(F)cc3F)nc3cnc(NC4CCC(O)CC4)nc32)CO1. The van der Waals surface area contributed by atoms with Crippen molar-refractivity contribution in [2.24, 2.45) is 0 Å². The zero-order valence-corrected chi connectivity index (χ0v) is 68.9. The van der Waals surface area contributed by atoms with E-state index >= 15 is 0 Å². The number of halogens is 12. The van der Waals surface area contributed by atoms with Gasteiger partial charge in [-0.3, -0.25) is 18.3 Å². The van der Waals surface area contributed by atoms with Crippen molar-refractivity contribution in [2.75, 3.05) is 88.8 Å². The van der Waals surface area contributed by atoms with E-state index in [2.05, 4.69) is 102 Å². The minimum absolute atomic E-state index is 0.0104. The zero-order valence-electron chi connectivity index (χ0n) is 70.9. The summed E-state index contributed by atoms with van der Waals surface area (Å²) in [7, 11) is 0. The summed E-state index contributed by atoms with van der Waals surface area (Å²) in [5.41, 5.74) is 0.859. The number of imidazole rings is 4. The smallest absolute Gasteiger partial charge is 0.224 e. The summed E-state index contributed by atoms with van der Waals surface area (Å²) < 4.78 is 212. The lowest BCUT2D eigenvalue weighted by atomic mass is 9.93. The van der Waals surface area contributed by atoms with Crippen LogP contribution in [-0.4, -0.2) is 205 Å². The van der Waals surface area contributed by atoms with Crippen LogP contribution in [0.2, 0.25) is 0 Å². The van der Waals surface area contributed by atoms with Crippen molar-refractivity contribution in [3.8, 4) is 0 Å². The summed E-state index contributed by atoms with van der Waals surface area (Å²) in [6.45, 7) is 1.07. The second-order valence-electron chi connectivity index (χ2n) is 32.8. The molecule has 0 spiro atoms. The van der Waals surface area contributed by atoms with Gasteiger partial charge in [0.05, 0.1) is 103 Å². The van der Waals surface area contributed by atoms with Crippen LogP contribution in [0.5, 0.6) is 0 Å². The highest BCUT2D eigenvalue weighted by Gasteiger charge is 2.36. The molecule has 8 aromatic heterocycles. The van der Waals surface area contributed by atoms with Crippen molar-refractivity contribution in [2.45, 2.75) is 207 Å². The van der Waals surface area contributed by atoms with Gasteiger partial charge in [0.2, 0.25) is 47.6 Å². The summed E-state index contributed by atoms with van der Waals surface area (Å²) in [5, 5.41) is 72.7. The third kappa shape index (κ3) is 20.6. The fourth-order valence-electron chi connectivity index (χ4n) is 17.0. The Morgan fingerprint density at radius 2 is 0.605 bits per heavy atom. The molecule has 0 amide bonds. The van der Waals surface area contributed by atoms with E-state index in [1.54, 1.807) is 15.3 Å². The molecule has 13 N–H and O–H groups in total. The molecule has 12 heterocycles. The predicted octanol–water partition coefficient (Wildman–Crippen LogP) is 14.0. The molecule has 12 aromatic rings. The molecular weight excluding hydrogens is 1720 g/mol. The van der Waals surface area contributed by atoms with Crippen LogP contribution in [-0.2, 0) is 18.9 Å². The topological polar surface area (TPSA) is 409 Å². The van der Waals surface area contributed by atoms with E-state index in [-0.39, 0.29) is 104 Å². The molecule has 6 unspecified atom stereocenters. The van der Waals surface area contributed by atoms with Gasteiger partial charge in [-0.2, -0.15) is 19.9 Å². The van der Waals surface area contributed by atoms with Gasteiger partial charge in [0, 0.05) is 92.5 Å². The molecule has 129 heavy (non-hydrogen) atoms. The number of nitrogens with zero attached hydrogens (tertiary/aromatic N) is 16. The molecule has 8 fully saturated rings. The van der Waals surface area contributed by atoms with Gasteiger partial charge in [-0.25, -0.2) is 92.6 Å². The minimum Gasteiger partial charge on any atom is -0.393 e. The summed E-state index contributed by atoms with van der Waals surface area (Å²) in [6, 6.07) is 2.71. The van der Waals surface area contributed by atoms with Crippen LogP contribution in [0.3, 0.4) is 0 Å². The van der Waals surface area contributed by atoms with Gasteiger partial charge in [0.1, 0.15) is 68.1 Å². The first kappa shape index (κ1) is 86.6. The molecule has 33 nitrogen and oxygen atoms in total. The lowest BCUT2D eigenvalue weighted by Crippen LogP contribution is -2.29. The van der Waals surface area contributed by atoms with E-state index in [1.165, 1.54) is 27.7 Å². The Kier molecular flexibility index (Phi) is 26.4. The zero-order chi connectivity index (χ0) is 91.6. The van der Waals surface area contributed by atoms with Crippen molar-refractivity contribution in [1.29, 1.82) is 0 Å². The molecule has 4 aromatic carbocycles. The first-order valence-corrected chi connectivity index (χ1v) is 42.5. The number of nitrogens with one attached hydrogen (secondary N) is 8. The van der Waals surface area contributed by atoms with Gasteiger partial charge in [-0.05, 0) is 128 Å². The van der Waals surface area contributed by atoms with E-state index in [1.807, 2.05) is 0 Å². The number of anilines is 12. The van der Waals surface area contributed by atoms with Gasteiger partial charge >= 0.3 is 0 Å². The van der Waals surface area contributed by atoms with Crippen LogP contribution in [0.4, 0.5) is 123 Å². The normalized spacial score (nSPS) is 25.4. The number of fused-ring (bicyclic) bond motifs is 4. The minimum atomic E-state index is -1.31. The Morgan fingerprint density at radius 3 is 0.891 bits per heavy atom. The first-order chi connectivity index (χ1) is 63.0. The fraction of sp³-hybridized carbons (Fsp3) is 0.476. The van der Waals surface area contributed by atoms with Crippen molar-refractivity contribution in [3.63, 3.8) is 0 Å². The largest absolute Gasteiger partial charge is 0.393 e. The number of rotatable bonds is 20. The van der Waals surface area contributed by atoms with E-state index in [0.29, 0.717) is 201 Å². The predicted molar refractivity (Wildman–Crippen MR) is 446 cm³/mol. The Morgan fingerprint density at radius 1 is 0.318 bits per heavy atom. The van der Waals surface area contributed by atoms with E-state index in [0.717, 1.165) is 64.2 Å². The quantitative estimate of drug-likeness (QED) is 0.0315. The average molecular weight is 1810 g/mol. The molecule has 4 aliphatic heterocycles. The molecule has 4 aliphatic carbocycles. The Balaban J connectivity index is 0.000000122. The summed E-state index contributed by atoms with van der Waals surface area (Å²) in [6.07, 6.45) is 17.3. The lowest BCUT2D eigenvalue weighted by molar-refractivity contribution is -0.0777. The lowest BCUT2D eigenvalue weighted by Gasteiger charge is -2.26. The highest BCUT2D eigenvalue weighted by Crippen LogP contribution is 2.40. The molecule has 0 bridgehead atoms. The molecule has 0 radical (unpaired) electrons. The number of hydrogen-bond acceptors (Lipinski definition) is 29. The number of hydrogen-bond donors (Lipinski definition) is 13. The summed E-state index contributed by atoms with van der Waals surface area (Å²) in [4.78, 5) is 53.1. The standard InChI is InChI=1S/C21H23F3N6O3.3C21H23F3N6O2/c22-10-7-13(23)17(14(24)8-10)28-21-27-15-9-25-20(26-11-1-3-12(31)4-2-11)29-18(15)30(21)16-5-6-33-19(16)32;3*22-11-7-15(23)18(16(24)8-11)28-21-27-17-9-25-20(26-12-1-3-14(31)4-2-12)29-19(17)30(21)13-5-6-32-10-13/h7-9,11-12,16,19,31-32H,1-6H2,(H,27,28)(H,25,26,29);3*7-9,12-14,31H,1-6,10H2,(H,27,28)(H,25,26,29)/i;13D;6D;. The summed E-state index contributed by atoms with van der Waals surface area (Å²) in [5.74, 6) is -11.2. The van der Waals surface area contributed by atoms with Crippen molar-refractivity contribution < 1.29 is 99.9 Å². The second kappa shape index (κ2) is 39.3. The van der Waals surface area contributed by atoms with Crippen molar-refractivity contribution in [3.05, 3.63) is 143 Å². The molecule has 686 valence electrons. The fourth-order valence-corrected chi connectivity index (χ4v) is 17.0. The monoisotopic (exact) mass is 1810 g/mol. The van der Waals surface area contributed by atoms with Gasteiger partial charge in [-0.1, -0.05) is 0 Å². The van der Waals surface area contributed by atoms with Crippen LogP contribution in [0.15, 0.2) is 73.3 Å². The Bertz CT molecular complexity index is 6000. The van der Waals surface area contributed by atoms with Crippen molar-refractivity contribution in [1.82, 2.24) is 78.1 Å².